The Kier molecular flexibility index (Phi) is 6.24. The fraction of sp³-hybridized carbons (Fsp3) is 0.333. The van der Waals surface area contributed by atoms with E-state index < -0.39 is 42.8 Å². The molecular formula is C24H26FN3O6S2. The van der Waals surface area contributed by atoms with Crippen LogP contribution in [0.4, 0.5) is 15.8 Å². The van der Waals surface area contributed by atoms with E-state index in [2.05, 4.69) is 14.4 Å². The monoisotopic (exact) mass is 535 g/mol. The van der Waals surface area contributed by atoms with Gasteiger partial charge in [0.05, 0.1) is 17.4 Å². The van der Waals surface area contributed by atoms with Crippen molar-refractivity contribution in [1.82, 2.24) is 0 Å². The van der Waals surface area contributed by atoms with Gasteiger partial charge in [-0.2, -0.15) is 8.42 Å². The molecule has 4 rings (SSSR count). The highest BCUT2D eigenvalue weighted by molar-refractivity contribution is 7.92. The van der Waals surface area contributed by atoms with Crippen LogP contribution < -0.4 is 10.0 Å². The molecule has 12 heteroatoms. The number of fused-ring (bicyclic) bond motifs is 2. The minimum atomic E-state index is -4.39. The topological polar surface area (TPSA) is 142 Å². The number of benzene rings is 2. The van der Waals surface area contributed by atoms with E-state index in [0.29, 0.717) is 18.4 Å². The molecule has 2 aromatic rings. The summed E-state index contributed by atoms with van der Waals surface area (Å²) < 4.78 is 69.3. The molecule has 0 amide bonds. The molecule has 2 aliphatic rings. The Labute approximate surface area is 209 Å². The van der Waals surface area contributed by atoms with E-state index in [1.165, 1.54) is 24.3 Å². The first kappa shape index (κ1) is 25.8. The number of carbonyl (C=O) groups excluding carboxylic acids is 1. The molecule has 0 unspecified atom stereocenters. The average molecular weight is 536 g/mol. The van der Waals surface area contributed by atoms with E-state index in [4.69, 9.17) is 0 Å². The Hall–Kier alpha value is -3.25. The summed E-state index contributed by atoms with van der Waals surface area (Å²) >= 11 is 0. The Balaban J connectivity index is 1.86. The van der Waals surface area contributed by atoms with E-state index in [-0.39, 0.29) is 39.2 Å². The number of hydrogen-bond donors (Lipinski definition) is 3. The van der Waals surface area contributed by atoms with E-state index in [1.807, 2.05) is 13.8 Å². The number of amidine groups is 1. The number of anilines is 2. The van der Waals surface area contributed by atoms with Gasteiger partial charge < -0.3 is 10.4 Å². The van der Waals surface area contributed by atoms with Crippen molar-refractivity contribution in [3.8, 4) is 0 Å². The zero-order valence-corrected chi connectivity index (χ0v) is 21.7. The van der Waals surface area contributed by atoms with Gasteiger partial charge in [0.1, 0.15) is 22.0 Å². The maximum Gasteiger partial charge on any atom is 0.286 e. The molecule has 192 valence electrons. The van der Waals surface area contributed by atoms with Gasteiger partial charge >= 0.3 is 0 Å². The van der Waals surface area contributed by atoms with Gasteiger partial charge in [-0.15, -0.1) is 4.40 Å². The van der Waals surface area contributed by atoms with Crippen LogP contribution in [0, 0.1) is 11.7 Å². The highest BCUT2D eigenvalue weighted by atomic mass is 32.2. The number of carbonyl (C=O) groups is 1. The number of aliphatic hydroxyl groups is 1. The standard InChI is InChI=1S/C24H26FN3O6S2/c1-13(2)9-10-24(3)17-7-5-14(25)11-16(17)21(29)20(22(24)30)23-26-18-8-6-15(27-35(4,31)32)12-19(18)36(33,34)28-23/h5-8,11-13,27,29H,9-10H2,1-4H3,(H,26,28)/t24-/m0/s1. The Bertz CT molecular complexity index is 1560. The van der Waals surface area contributed by atoms with E-state index >= 15 is 0 Å². The molecule has 0 bridgehead atoms. The van der Waals surface area contributed by atoms with Crippen molar-refractivity contribution in [2.45, 2.75) is 43.9 Å². The molecule has 0 saturated carbocycles. The van der Waals surface area contributed by atoms with Crippen molar-refractivity contribution in [1.29, 1.82) is 0 Å². The van der Waals surface area contributed by atoms with Crippen molar-refractivity contribution in [2.75, 3.05) is 16.3 Å². The number of nitrogens with zero attached hydrogens (tertiary/aromatic N) is 1. The van der Waals surface area contributed by atoms with Gasteiger partial charge in [0.15, 0.2) is 11.6 Å². The second kappa shape index (κ2) is 8.70. The van der Waals surface area contributed by atoms with Crippen LogP contribution in [0.15, 0.2) is 51.3 Å². The highest BCUT2D eigenvalue weighted by Gasteiger charge is 2.46. The molecule has 36 heavy (non-hydrogen) atoms. The molecule has 1 aliphatic carbocycles. The number of aliphatic hydroxyl groups excluding tert-OH is 1. The summed E-state index contributed by atoms with van der Waals surface area (Å²) in [6.07, 6.45) is 1.97. The zero-order valence-electron chi connectivity index (χ0n) is 20.1. The Morgan fingerprint density at radius 1 is 1.19 bits per heavy atom. The van der Waals surface area contributed by atoms with Crippen LogP contribution >= 0.6 is 0 Å². The maximum absolute atomic E-state index is 14.2. The molecule has 0 fully saturated rings. The average Bonchev–Trinajstić information content (AvgIpc) is 2.75. The third kappa shape index (κ3) is 4.62. The second-order valence-corrected chi connectivity index (χ2v) is 13.0. The molecule has 9 nitrogen and oxygen atoms in total. The summed E-state index contributed by atoms with van der Waals surface area (Å²) in [5.74, 6) is -1.87. The molecule has 3 N–H and O–H groups in total. The molecule has 0 spiro atoms. The third-order valence-corrected chi connectivity index (χ3v) is 8.21. The fourth-order valence-electron chi connectivity index (χ4n) is 4.42. The van der Waals surface area contributed by atoms with Crippen molar-refractivity contribution >= 4 is 48.8 Å². The number of Topliss-reactive ketones (excluding diaryl/α,β-unsaturated/α-hetero) is 1. The van der Waals surface area contributed by atoms with Gasteiger partial charge in [0, 0.05) is 11.3 Å². The first-order valence-corrected chi connectivity index (χ1v) is 14.5. The lowest BCUT2D eigenvalue weighted by molar-refractivity contribution is -0.120. The summed E-state index contributed by atoms with van der Waals surface area (Å²) in [6, 6.07) is 7.57. The molecule has 0 saturated heterocycles. The number of halogens is 1. The summed E-state index contributed by atoms with van der Waals surface area (Å²) in [5, 5.41) is 13.8. The molecule has 0 radical (unpaired) electrons. The lowest BCUT2D eigenvalue weighted by Gasteiger charge is -2.36. The van der Waals surface area contributed by atoms with Crippen LogP contribution in [0.3, 0.4) is 0 Å². The largest absolute Gasteiger partial charge is 0.506 e. The van der Waals surface area contributed by atoms with Crippen LogP contribution in [-0.2, 0) is 30.3 Å². The van der Waals surface area contributed by atoms with Crippen LogP contribution in [0.5, 0.6) is 0 Å². The van der Waals surface area contributed by atoms with E-state index in [0.717, 1.165) is 18.4 Å². The van der Waals surface area contributed by atoms with Gasteiger partial charge in [-0.3, -0.25) is 9.52 Å². The van der Waals surface area contributed by atoms with Crippen LogP contribution in [0.1, 0.15) is 44.7 Å². The molecule has 1 heterocycles. The number of hydrogen-bond acceptors (Lipinski definition) is 7. The van der Waals surface area contributed by atoms with Crippen LogP contribution in [0.25, 0.3) is 5.76 Å². The summed E-state index contributed by atoms with van der Waals surface area (Å²) in [7, 11) is -8.05. The molecular weight excluding hydrogens is 509 g/mol. The number of ketones is 1. The Morgan fingerprint density at radius 2 is 1.89 bits per heavy atom. The van der Waals surface area contributed by atoms with E-state index in [1.54, 1.807) is 6.92 Å². The van der Waals surface area contributed by atoms with Gasteiger partial charge in [0.2, 0.25) is 10.0 Å². The lowest BCUT2D eigenvalue weighted by atomic mass is 9.66. The van der Waals surface area contributed by atoms with Crippen molar-refractivity contribution in [3.05, 3.63) is 58.9 Å². The zero-order chi connectivity index (χ0) is 26.6. The Morgan fingerprint density at radius 3 is 2.53 bits per heavy atom. The lowest BCUT2D eigenvalue weighted by Crippen LogP contribution is -2.42. The van der Waals surface area contributed by atoms with Crippen LogP contribution in [0.2, 0.25) is 0 Å². The van der Waals surface area contributed by atoms with Gasteiger partial charge in [-0.05, 0) is 61.6 Å². The van der Waals surface area contributed by atoms with Gasteiger partial charge in [0.25, 0.3) is 10.0 Å². The van der Waals surface area contributed by atoms with Crippen molar-refractivity contribution in [3.63, 3.8) is 0 Å². The van der Waals surface area contributed by atoms with Crippen molar-refractivity contribution < 1.29 is 31.1 Å². The molecule has 0 aromatic heterocycles. The summed E-state index contributed by atoms with van der Waals surface area (Å²) in [5.41, 5.74) is -0.912. The number of rotatable bonds is 6. The quantitative estimate of drug-likeness (QED) is 0.508. The third-order valence-electron chi connectivity index (χ3n) is 6.28. The number of sulfonamides is 2. The van der Waals surface area contributed by atoms with Crippen molar-refractivity contribution in [2.24, 2.45) is 10.3 Å². The SMILES string of the molecule is CC(C)CC[C@]1(C)C(=O)C(C2=NS(=O)(=O)c3cc(NS(C)(=O)=O)ccc3N2)=C(O)c2cc(F)ccc21. The van der Waals surface area contributed by atoms with Gasteiger partial charge in [-0.25, -0.2) is 12.8 Å². The minimum absolute atomic E-state index is 0.0155. The van der Waals surface area contributed by atoms with E-state index in [9.17, 15) is 31.1 Å². The first-order valence-electron chi connectivity index (χ1n) is 11.1. The summed E-state index contributed by atoms with van der Waals surface area (Å²) in [6.45, 7) is 5.69. The maximum atomic E-state index is 14.2. The molecule has 2 aromatic carbocycles. The minimum Gasteiger partial charge on any atom is -0.506 e. The fourth-order valence-corrected chi connectivity index (χ4v) is 6.13. The molecule has 1 atom stereocenters. The smallest absolute Gasteiger partial charge is 0.286 e. The van der Waals surface area contributed by atoms with Crippen LogP contribution in [-0.4, -0.2) is 39.8 Å². The highest BCUT2D eigenvalue weighted by Crippen LogP contribution is 2.44. The van der Waals surface area contributed by atoms with Gasteiger partial charge in [-0.1, -0.05) is 19.9 Å². The predicted octanol–water partition coefficient (Wildman–Crippen LogP) is 3.96. The number of nitrogens with one attached hydrogen (secondary N) is 2. The predicted molar refractivity (Wildman–Crippen MR) is 136 cm³/mol. The first-order chi connectivity index (χ1) is 16.6. The summed E-state index contributed by atoms with van der Waals surface area (Å²) in [4.78, 5) is 13.5. The second-order valence-electron chi connectivity index (χ2n) is 9.63. The normalized spacial score (nSPS) is 20.9. The molecule has 1 aliphatic heterocycles.